The first-order valence-corrected chi connectivity index (χ1v) is 7.94. The van der Waals surface area contributed by atoms with E-state index in [-0.39, 0.29) is 0 Å². The number of fused-ring (bicyclic) bond motifs is 1. The van der Waals surface area contributed by atoms with Crippen molar-refractivity contribution in [2.75, 3.05) is 13.1 Å². The van der Waals surface area contributed by atoms with E-state index in [9.17, 15) is 0 Å². The van der Waals surface area contributed by atoms with Crippen molar-refractivity contribution in [3.05, 3.63) is 35.4 Å². The highest BCUT2D eigenvalue weighted by Gasteiger charge is 2.30. The molecular formula is C17H26N2. The van der Waals surface area contributed by atoms with Gasteiger partial charge < -0.3 is 5.32 Å². The van der Waals surface area contributed by atoms with Crippen LogP contribution in [0, 0.1) is 0 Å². The van der Waals surface area contributed by atoms with Crippen LogP contribution in [0.15, 0.2) is 24.3 Å². The summed E-state index contributed by atoms with van der Waals surface area (Å²) in [4.78, 5) is 2.80. The van der Waals surface area contributed by atoms with Gasteiger partial charge in [-0.05, 0) is 49.9 Å². The van der Waals surface area contributed by atoms with Crippen molar-refractivity contribution >= 4 is 0 Å². The highest BCUT2D eigenvalue weighted by molar-refractivity contribution is 5.31. The number of likely N-dealkylation sites (tertiary alicyclic amines) is 1. The smallest absolute Gasteiger partial charge is 0.0366 e. The molecule has 2 atom stereocenters. The average Bonchev–Trinajstić information content (AvgIpc) is 2.69. The Bertz CT molecular complexity index is 415. The van der Waals surface area contributed by atoms with E-state index in [2.05, 4.69) is 41.4 Å². The summed E-state index contributed by atoms with van der Waals surface area (Å²) in [5.74, 6) is 0. The van der Waals surface area contributed by atoms with E-state index in [4.69, 9.17) is 0 Å². The number of nitrogens with one attached hydrogen (secondary N) is 1. The molecule has 104 valence electrons. The van der Waals surface area contributed by atoms with Gasteiger partial charge in [0, 0.05) is 18.6 Å². The number of hydrogen-bond acceptors (Lipinski definition) is 2. The van der Waals surface area contributed by atoms with Gasteiger partial charge in [-0.15, -0.1) is 0 Å². The highest BCUT2D eigenvalue weighted by atomic mass is 15.2. The van der Waals surface area contributed by atoms with E-state index < -0.39 is 0 Å². The van der Waals surface area contributed by atoms with Gasteiger partial charge in [-0.25, -0.2) is 0 Å². The Kier molecular flexibility index (Phi) is 4.19. The maximum Gasteiger partial charge on any atom is 0.0366 e. The van der Waals surface area contributed by atoms with Crippen molar-refractivity contribution in [2.24, 2.45) is 0 Å². The molecule has 2 heterocycles. The third kappa shape index (κ3) is 2.70. The molecule has 2 aliphatic heterocycles. The van der Waals surface area contributed by atoms with Crippen LogP contribution < -0.4 is 5.32 Å². The Hall–Kier alpha value is -0.860. The lowest BCUT2D eigenvalue weighted by Crippen LogP contribution is -2.42. The number of rotatable bonds is 2. The minimum absolute atomic E-state index is 0.636. The maximum atomic E-state index is 3.58. The second-order valence-electron chi connectivity index (χ2n) is 5.98. The maximum absolute atomic E-state index is 3.58. The van der Waals surface area contributed by atoms with Crippen molar-refractivity contribution in [3.63, 3.8) is 0 Å². The molecular weight excluding hydrogens is 232 g/mol. The number of piperidine rings is 1. The van der Waals surface area contributed by atoms with Gasteiger partial charge in [0.1, 0.15) is 0 Å². The zero-order valence-corrected chi connectivity index (χ0v) is 12.1. The van der Waals surface area contributed by atoms with Gasteiger partial charge in [0.25, 0.3) is 0 Å². The Morgan fingerprint density at radius 2 is 2.11 bits per heavy atom. The molecule has 0 saturated carbocycles. The predicted octanol–water partition coefficient (Wildman–Crippen LogP) is 3.49. The normalized spacial score (nSPS) is 28.7. The van der Waals surface area contributed by atoms with E-state index in [1.165, 1.54) is 44.2 Å². The quantitative estimate of drug-likeness (QED) is 0.873. The SMILES string of the molecule is CCC1CCCCN1C1CCNCc2ccccc21. The summed E-state index contributed by atoms with van der Waals surface area (Å²) in [6.45, 7) is 5.82. The molecule has 2 nitrogen and oxygen atoms in total. The highest BCUT2D eigenvalue weighted by Crippen LogP contribution is 2.34. The molecule has 2 unspecified atom stereocenters. The minimum atomic E-state index is 0.636. The topological polar surface area (TPSA) is 15.3 Å². The van der Waals surface area contributed by atoms with Crippen LogP contribution in [0.3, 0.4) is 0 Å². The fraction of sp³-hybridized carbons (Fsp3) is 0.647. The van der Waals surface area contributed by atoms with E-state index in [0.29, 0.717) is 6.04 Å². The van der Waals surface area contributed by atoms with E-state index in [1.807, 2.05) is 0 Å². The van der Waals surface area contributed by atoms with Crippen LogP contribution in [-0.2, 0) is 6.54 Å². The molecule has 0 bridgehead atoms. The molecule has 3 rings (SSSR count). The molecule has 2 aliphatic rings. The average molecular weight is 258 g/mol. The molecule has 0 radical (unpaired) electrons. The third-order valence-corrected chi connectivity index (χ3v) is 4.87. The first-order valence-electron chi connectivity index (χ1n) is 7.94. The monoisotopic (exact) mass is 258 g/mol. The van der Waals surface area contributed by atoms with Gasteiger partial charge in [-0.1, -0.05) is 37.6 Å². The summed E-state index contributed by atoms with van der Waals surface area (Å²) in [7, 11) is 0. The molecule has 2 heteroatoms. The van der Waals surface area contributed by atoms with Crippen LogP contribution in [0.1, 0.15) is 56.2 Å². The standard InChI is InChI=1S/C17H26N2/c1-2-15-8-5-6-12-19(15)17-10-11-18-13-14-7-3-4-9-16(14)17/h3-4,7,9,15,17-18H,2,5-6,8,10-13H2,1H3. The van der Waals surface area contributed by atoms with Crippen LogP contribution >= 0.6 is 0 Å². The summed E-state index contributed by atoms with van der Waals surface area (Å²) < 4.78 is 0. The lowest BCUT2D eigenvalue weighted by molar-refractivity contribution is 0.0873. The summed E-state index contributed by atoms with van der Waals surface area (Å²) >= 11 is 0. The van der Waals surface area contributed by atoms with Crippen LogP contribution in [0.2, 0.25) is 0 Å². The Morgan fingerprint density at radius 3 is 3.00 bits per heavy atom. The predicted molar refractivity (Wildman–Crippen MR) is 80.1 cm³/mol. The van der Waals surface area contributed by atoms with E-state index in [0.717, 1.165) is 19.1 Å². The van der Waals surface area contributed by atoms with Crippen molar-refractivity contribution < 1.29 is 0 Å². The summed E-state index contributed by atoms with van der Waals surface area (Å²) in [5.41, 5.74) is 3.08. The Morgan fingerprint density at radius 1 is 1.21 bits per heavy atom. The molecule has 1 aromatic rings. The first-order chi connectivity index (χ1) is 9.40. The van der Waals surface area contributed by atoms with E-state index >= 15 is 0 Å². The first kappa shape index (κ1) is 13.1. The van der Waals surface area contributed by atoms with Crippen LogP contribution in [0.25, 0.3) is 0 Å². The number of hydrogen-bond donors (Lipinski definition) is 1. The molecule has 1 aromatic carbocycles. The molecule has 0 aromatic heterocycles. The van der Waals surface area contributed by atoms with Gasteiger partial charge in [0.15, 0.2) is 0 Å². The fourth-order valence-corrected chi connectivity index (χ4v) is 3.85. The second-order valence-corrected chi connectivity index (χ2v) is 5.98. The second kappa shape index (κ2) is 6.06. The molecule has 0 spiro atoms. The third-order valence-electron chi connectivity index (χ3n) is 4.87. The summed E-state index contributed by atoms with van der Waals surface area (Å²) in [5, 5.41) is 3.58. The largest absolute Gasteiger partial charge is 0.313 e. The summed E-state index contributed by atoms with van der Waals surface area (Å²) in [6.07, 6.45) is 6.74. The van der Waals surface area contributed by atoms with Crippen molar-refractivity contribution in [1.29, 1.82) is 0 Å². The van der Waals surface area contributed by atoms with Gasteiger partial charge in [-0.3, -0.25) is 4.90 Å². The lowest BCUT2D eigenvalue weighted by atomic mass is 9.92. The van der Waals surface area contributed by atoms with Crippen molar-refractivity contribution in [1.82, 2.24) is 10.2 Å². The fourth-order valence-electron chi connectivity index (χ4n) is 3.85. The van der Waals surface area contributed by atoms with Crippen LogP contribution in [0.5, 0.6) is 0 Å². The molecule has 0 amide bonds. The Labute approximate surface area is 117 Å². The Balaban J connectivity index is 1.90. The molecule has 19 heavy (non-hydrogen) atoms. The number of benzene rings is 1. The van der Waals surface area contributed by atoms with Crippen LogP contribution in [0.4, 0.5) is 0 Å². The summed E-state index contributed by atoms with van der Waals surface area (Å²) in [6, 6.07) is 10.5. The van der Waals surface area contributed by atoms with Gasteiger partial charge in [0.05, 0.1) is 0 Å². The minimum Gasteiger partial charge on any atom is -0.313 e. The van der Waals surface area contributed by atoms with Gasteiger partial charge in [0.2, 0.25) is 0 Å². The molecule has 1 fully saturated rings. The van der Waals surface area contributed by atoms with Crippen molar-refractivity contribution in [2.45, 2.75) is 57.7 Å². The van der Waals surface area contributed by atoms with Crippen molar-refractivity contribution in [3.8, 4) is 0 Å². The van der Waals surface area contributed by atoms with Gasteiger partial charge >= 0.3 is 0 Å². The molecule has 1 saturated heterocycles. The molecule has 1 N–H and O–H groups in total. The van der Waals surface area contributed by atoms with E-state index in [1.54, 1.807) is 5.56 Å². The van der Waals surface area contributed by atoms with Gasteiger partial charge in [-0.2, -0.15) is 0 Å². The number of nitrogens with zero attached hydrogens (tertiary/aromatic N) is 1. The molecule has 0 aliphatic carbocycles. The zero-order chi connectivity index (χ0) is 13.1. The van der Waals surface area contributed by atoms with Crippen LogP contribution in [-0.4, -0.2) is 24.0 Å². The zero-order valence-electron chi connectivity index (χ0n) is 12.1. The lowest BCUT2D eigenvalue weighted by Gasteiger charge is -2.41.